The first-order chi connectivity index (χ1) is 18.8. The van der Waals surface area contributed by atoms with E-state index in [-0.39, 0.29) is 25.1 Å². The number of rotatable bonds is 12. The van der Waals surface area contributed by atoms with Gasteiger partial charge in [-0.25, -0.2) is 13.4 Å². The number of alkyl halides is 6. The topological polar surface area (TPSA) is 164 Å². The van der Waals surface area contributed by atoms with Crippen LogP contribution in [0.1, 0.15) is 18.4 Å². The van der Waals surface area contributed by atoms with Gasteiger partial charge in [0.15, 0.2) is 16.0 Å². The Morgan fingerprint density at radius 1 is 1.05 bits per heavy atom. The Morgan fingerprint density at radius 3 is 2.22 bits per heavy atom. The molecule has 0 bridgehead atoms. The highest BCUT2D eigenvalue weighted by Gasteiger charge is 2.37. The number of nitrogens with one attached hydrogen (secondary N) is 3. The molecule has 228 valence electrons. The van der Waals surface area contributed by atoms with Crippen LogP contribution in [0.3, 0.4) is 0 Å². The van der Waals surface area contributed by atoms with Gasteiger partial charge in [0.25, 0.3) is 0 Å². The number of pyridine rings is 1. The Labute approximate surface area is 234 Å². The summed E-state index contributed by atoms with van der Waals surface area (Å²) < 4.78 is 91.1. The second kappa shape index (κ2) is 15.6. The maximum absolute atomic E-state index is 12.7. The van der Waals surface area contributed by atoms with Crippen molar-refractivity contribution in [3.8, 4) is 0 Å². The van der Waals surface area contributed by atoms with E-state index in [9.17, 15) is 49.1 Å². The number of carbonyl (C=O) groups is 4. The molecule has 1 aromatic carbocycles. The molecule has 0 aliphatic carbocycles. The van der Waals surface area contributed by atoms with E-state index in [2.05, 4.69) is 15.6 Å². The summed E-state index contributed by atoms with van der Waals surface area (Å²) in [6, 6.07) is 8.32. The second-order valence-corrected chi connectivity index (χ2v) is 11.6. The number of sulfone groups is 1. The van der Waals surface area contributed by atoms with Gasteiger partial charge in [-0.1, -0.05) is 12.1 Å². The lowest BCUT2D eigenvalue weighted by Crippen LogP contribution is -2.48. The molecule has 3 N–H and O–H groups in total. The molecule has 0 radical (unpaired) electrons. The van der Waals surface area contributed by atoms with Gasteiger partial charge in [-0.3, -0.25) is 14.4 Å². The molecule has 2 amide bonds. The van der Waals surface area contributed by atoms with Crippen LogP contribution >= 0.6 is 11.8 Å². The third-order valence-corrected chi connectivity index (χ3v) is 6.62. The second-order valence-electron chi connectivity index (χ2n) is 8.40. The van der Waals surface area contributed by atoms with Crippen LogP contribution in [0.15, 0.2) is 36.5 Å². The van der Waals surface area contributed by atoms with Gasteiger partial charge in [-0.05, 0) is 30.7 Å². The van der Waals surface area contributed by atoms with E-state index in [0.717, 1.165) is 34.5 Å². The average molecular weight is 634 g/mol. The molecular formula is C23H25F6N3O7S2. The zero-order valence-electron chi connectivity index (χ0n) is 21.2. The normalized spacial score (nSPS) is 12.6. The van der Waals surface area contributed by atoms with Gasteiger partial charge in [0.05, 0.1) is 5.75 Å². The highest BCUT2D eigenvalue weighted by atomic mass is 32.2. The van der Waals surface area contributed by atoms with Crippen molar-refractivity contribution >= 4 is 56.1 Å². The monoisotopic (exact) mass is 633 g/mol. The summed E-state index contributed by atoms with van der Waals surface area (Å²) in [5.74, 6) is -7.67. The first kappa shape index (κ1) is 35.6. The molecule has 0 aliphatic rings. The van der Waals surface area contributed by atoms with Crippen LogP contribution in [-0.2, 0) is 35.6 Å². The summed E-state index contributed by atoms with van der Waals surface area (Å²) in [4.78, 5) is 47.5. The molecule has 0 unspecified atom stereocenters. The molecule has 2 aromatic rings. The molecule has 10 nitrogen and oxygen atoms in total. The summed E-state index contributed by atoms with van der Waals surface area (Å²) >= 11 is 0.768. The molecular weight excluding hydrogens is 608 g/mol. The van der Waals surface area contributed by atoms with Crippen molar-refractivity contribution < 1.29 is 64.0 Å². The number of Topliss-reactive ketones (excluding diaryl/α,β-unsaturated/α-hetero) is 1. The number of para-hydroxylation sites is 1. The number of hydrogen-bond donors (Lipinski definition) is 2. The van der Waals surface area contributed by atoms with Gasteiger partial charge in [0.2, 0.25) is 23.1 Å². The highest BCUT2D eigenvalue weighted by Crippen LogP contribution is 2.19. The maximum atomic E-state index is 12.7. The van der Waals surface area contributed by atoms with Gasteiger partial charge < -0.3 is 20.5 Å². The average Bonchev–Trinajstić information content (AvgIpc) is 2.84. The summed E-state index contributed by atoms with van der Waals surface area (Å²) in [5.41, 5.74) is 1.67. The minimum atomic E-state index is -5.19. The van der Waals surface area contributed by atoms with E-state index in [4.69, 9.17) is 9.90 Å². The van der Waals surface area contributed by atoms with Crippen LogP contribution in [0.2, 0.25) is 0 Å². The SMILES string of the molecule is CS(=O)(=O)CC(=O)N[C@@H](CCCSCC(=O)C(F)(F)F)C(=O)NCc1c[nH+]c2ccccc2c1.O=C([O-])C(F)(F)F. The number of aliphatic carboxylic acids is 1. The Kier molecular flexibility index (Phi) is 13.5. The fourth-order valence-electron chi connectivity index (χ4n) is 2.96. The van der Waals surface area contributed by atoms with E-state index in [1.165, 1.54) is 0 Å². The first-order valence-electron chi connectivity index (χ1n) is 11.4. The third-order valence-electron chi connectivity index (χ3n) is 4.79. The molecule has 2 rings (SSSR count). The van der Waals surface area contributed by atoms with Crippen molar-refractivity contribution in [2.75, 3.05) is 23.5 Å². The lowest BCUT2D eigenvalue weighted by atomic mass is 10.1. The summed E-state index contributed by atoms with van der Waals surface area (Å²) in [6.45, 7) is 0.132. The third kappa shape index (κ3) is 14.7. The number of ketones is 1. The lowest BCUT2D eigenvalue weighted by molar-refractivity contribution is -0.345. The van der Waals surface area contributed by atoms with E-state index >= 15 is 0 Å². The molecule has 0 aliphatic heterocycles. The number of thioether (sulfide) groups is 1. The van der Waals surface area contributed by atoms with E-state index in [1.54, 1.807) is 6.20 Å². The number of aromatic amines is 1. The first-order valence-corrected chi connectivity index (χ1v) is 14.6. The van der Waals surface area contributed by atoms with Crippen LogP contribution in [0, 0.1) is 0 Å². The van der Waals surface area contributed by atoms with Gasteiger partial charge in [-0.2, -0.15) is 38.1 Å². The fraction of sp³-hybridized carbons (Fsp3) is 0.435. The molecule has 1 atom stereocenters. The summed E-state index contributed by atoms with van der Waals surface area (Å²) in [6.07, 6.45) is -7.22. The quantitative estimate of drug-likeness (QED) is 0.255. The van der Waals surface area contributed by atoms with Crippen LogP contribution < -0.4 is 20.7 Å². The van der Waals surface area contributed by atoms with Crippen molar-refractivity contribution in [3.63, 3.8) is 0 Å². The number of carboxylic acids is 1. The Hall–Kier alpha value is -3.41. The molecule has 0 fully saturated rings. The zero-order valence-corrected chi connectivity index (χ0v) is 22.9. The predicted octanol–water partition coefficient (Wildman–Crippen LogP) is 0.743. The van der Waals surface area contributed by atoms with Crippen molar-refractivity contribution in [2.24, 2.45) is 0 Å². The number of benzene rings is 1. The maximum Gasteiger partial charge on any atom is 0.450 e. The van der Waals surface area contributed by atoms with Crippen molar-refractivity contribution in [3.05, 3.63) is 42.1 Å². The van der Waals surface area contributed by atoms with E-state index in [1.807, 2.05) is 30.3 Å². The van der Waals surface area contributed by atoms with Crippen molar-refractivity contribution in [1.29, 1.82) is 0 Å². The molecule has 0 saturated heterocycles. The highest BCUT2D eigenvalue weighted by molar-refractivity contribution is 7.99. The van der Waals surface area contributed by atoms with Gasteiger partial charge in [0.1, 0.15) is 17.8 Å². The Morgan fingerprint density at radius 2 is 1.66 bits per heavy atom. The Bertz CT molecular complexity index is 1340. The standard InChI is InChI=1S/C21H24F3N3O5S2.C2HF3O2/c1-34(31,32)13-19(29)27-17(7-4-8-33-12-18(28)21(22,23)24)20(30)26-11-14-9-15-5-2-3-6-16(15)25-10-14;3-2(4,5)1(6)7/h2-3,5-6,9-10,17H,4,7-8,11-13H2,1H3,(H,26,30)(H,27,29);(H,6,7)/t17-;/m0./s1. The Balaban J connectivity index is 0.00000106. The number of aromatic nitrogens is 1. The number of halogens is 6. The molecule has 0 spiro atoms. The van der Waals surface area contributed by atoms with E-state index < -0.39 is 63.3 Å². The molecule has 1 aromatic heterocycles. The fourth-order valence-corrected chi connectivity index (χ4v) is 4.38. The lowest BCUT2D eigenvalue weighted by Gasteiger charge is -2.18. The number of H-pyrrole nitrogens is 1. The number of hydrogen-bond acceptors (Lipinski definition) is 8. The minimum Gasteiger partial charge on any atom is -0.542 e. The molecule has 18 heteroatoms. The summed E-state index contributed by atoms with van der Waals surface area (Å²) in [7, 11) is -3.62. The number of fused-ring (bicyclic) bond motifs is 1. The van der Waals surface area contributed by atoms with Crippen LogP contribution in [-0.4, -0.2) is 73.9 Å². The predicted molar refractivity (Wildman–Crippen MR) is 133 cm³/mol. The smallest absolute Gasteiger partial charge is 0.450 e. The number of carbonyl (C=O) groups excluding carboxylic acids is 4. The minimum absolute atomic E-state index is 0.0540. The largest absolute Gasteiger partial charge is 0.542 e. The number of carboxylic acid groups (broad SMARTS) is 1. The van der Waals surface area contributed by atoms with Gasteiger partial charge >= 0.3 is 12.4 Å². The van der Waals surface area contributed by atoms with Gasteiger partial charge in [-0.15, -0.1) is 0 Å². The number of amides is 2. The molecule has 0 saturated carbocycles. The van der Waals surface area contributed by atoms with Gasteiger partial charge in [0, 0.05) is 29.8 Å². The molecule has 41 heavy (non-hydrogen) atoms. The van der Waals surface area contributed by atoms with Crippen LogP contribution in [0.25, 0.3) is 10.9 Å². The van der Waals surface area contributed by atoms with Crippen molar-refractivity contribution in [1.82, 2.24) is 10.6 Å². The van der Waals surface area contributed by atoms with E-state index in [0.29, 0.717) is 0 Å². The molecule has 1 heterocycles. The van der Waals surface area contributed by atoms with Crippen LogP contribution in [0.5, 0.6) is 0 Å². The van der Waals surface area contributed by atoms with Crippen LogP contribution in [0.4, 0.5) is 26.3 Å². The zero-order chi connectivity index (χ0) is 31.4. The van der Waals surface area contributed by atoms with Crippen molar-refractivity contribution in [2.45, 2.75) is 37.8 Å². The summed E-state index contributed by atoms with van der Waals surface area (Å²) in [5, 5.41) is 14.8.